The SMILES string of the molecule is CCOC(=O)c1ccc2c(c1)NC(=O)/C2=C(\Nc1ccc(CN(C)CC(=O)O)cc1)c1ccccc1. The molecule has 3 aromatic carbocycles. The number of carbonyl (C=O) groups is 3. The third kappa shape index (κ3) is 5.61. The van der Waals surface area contributed by atoms with Crippen LogP contribution in [-0.2, 0) is 20.9 Å². The van der Waals surface area contributed by atoms with Gasteiger partial charge in [-0.15, -0.1) is 0 Å². The van der Waals surface area contributed by atoms with E-state index in [0.717, 1.165) is 16.8 Å². The van der Waals surface area contributed by atoms with Gasteiger partial charge in [-0.3, -0.25) is 14.5 Å². The minimum Gasteiger partial charge on any atom is -0.480 e. The molecule has 4 rings (SSSR count). The second-order valence-corrected chi connectivity index (χ2v) is 8.44. The van der Waals surface area contributed by atoms with Crippen LogP contribution in [0.3, 0.4) is 0 Å². The summed E-state index contributed by atoms with van der Waals surface area (Å²) in [5, 5.41) is 15.2. The number of carboxylic acid groups (broad SMARTS) is 1. The zero-order valence-electron chi connectivity index (χ0n) is 20.1. The Kier molecular flexibility index (Phi) is 7.46. The van der Waals surface area contributed by atoms with E-state index in [4.69, 9.17) is 9.84 Å². The first kappa shape index (κ1) is 24.7. The molecule has 1 amide bonds. The standard InChI is InChI=1S/C28H27N3O5/c1-3-36-28(35)20-11-14-22-23(15-20)30-27(34)25(22)26(19-7-5-4-6-8-19)29-21-12-9-18(10-13-21)16-31(2)17-24(32)33/h4-15,29H,3,16-17H2,1-2H3,(H,30,34)(H,32,33)/b26-25-. The van der Waals surface area contributed by atoms with Crippen LogP contribution in [0.1, 0.15) is 34.0 Å². The number of carboxylic acids is 1. The van der Waals surface area contributed by atoms with Gasteiger partial charge in [-0.1, -0.05) is 48.5 Å². The number of esters is 1. The van der Waals surface area contributed by atoms with E-state index in [1.807, 2.05) is 54.6 Å². The second kappa shape index (κ2) is 10.9. The van der Waals surface area contributed by atoms with Gasteiger partial charge in [0.05, 0.1) is 35.7 Å². The number of nitrogens with zero attached hydrogens (tertiary/aromatic N) is 1. The van der Waals surface area contributed by atoms with E-state index < -0.39 is 11.9 Å². The molecule has 184 valence electrons. The lowest BCUT2D eigenvalue weighted by molar-refractivity contribution is -0.138. The second-order valence-electron chi connectivity index (χ2n) is 8.44. The summed E-state index contributed by atoms with van der Waals surface area (Å²) in [4.78, 5) is 37.9. The minimum absolute atomic E-state index is 0.0450. The maximum atomic E-state index is 13.1. The highest BCUT2D eigenvalue weighted by atomic mass is 16.5. The van der Waals surface area contributed by atoms with E-state index in [1.165, 1.54) is 0 Å². The Morgan fingerprint density at radius 3 is 2.39 bits per heavy atom. The third-order valence-electron chi connectivity index (χ3n) is 5.67. The van der Waals surface area contributed by atoms with Crippen LogP contribution in [0.2, 0.25) is 0 Å². The molecule has 8 heteroatoms. The van der Waals surface area contributed by atoms with E-state index in [9.17, 15) is 14.4 Å². The molecule has 0 atom stereocenters. The fourth-order valence-electron chi connectivity index (χ4n) is 4.08. The van der Waals surface area contributed by atoms with Gasteiger partial charge in [0, 0.05) is 17.8 Å². The molecule has 1 aliphatic rings. The van der Waals surface area contributed by atoms with E-state index in [2.05, 4.69) is 10.6 Å². The highest BCUT2D eigenvalue weighted by Crippen LogP contribution is 2.38. The predicted octanol–water partition coefficient (Wildman–Crippen LogP) is 4.31. The Labute approximate surface area is 209 Å². The lowest BCUT2D eigenvalue weighted by Gasteiger charge is -2.17. The molecule has 1 aliphatic heterocycles. The van der Waals surface area contributed by atoms with Crippen LogP contribution in [0.5, 0.6) is 0 Å². The van der Waals surface area contributed by atoms with Gasteiger partial charge in [-0.2, -0.15) is 0 Å². The van der Waals surface area contributed by atoms with Gasteiger partial charge in [-0.25, -0.2) is 4.79 Å². The highest BCUT2D eigenvalue weighted by molar-refractivity contribution is 6.37. The average Bonchev–Trinajstić information content (AvgIpc) is 3.18. The van der Waals surface area contributed by atoms with Crippen LogP contribution < -0.4 is 10.6 Å². The Morgan fingerprint density at radius 1 is 1.00 bits per heavy atom. The Hall–Kier alpha value is -4.43. The van der Waals surface area contributed by atoms with Crippen LogP contribution in [-0.4, -0.2) is 48.1 Å². The summed E-state index contributed by atoms with van der Waals surface area (Å²) in [5.74, 6) is -1.59. The molecule has 0 aliphatic carbocycles. The Morgan fingerprint density at radius 2 is 1.72 bits per heavy atom. The van der Waals surface area contributed by atoms with Gasteiger partial charge in [-0.05, 0) is 49.4 Å². The van der Waals surface area contributed by atoms with E-state index in [-0.39, 0.29) is 19.1 Å². The molecular weight excluding hydrogens is 458 g/mol. The van der Waals surface area contributed by atoms with Crippen LogP contribution >= 0.6 is 0 Å². The molecule has 0 fully saturated rings. The molecule has 0 saturated carbocycles. The summed E-state index contributed by atoms with van der Waals surface area (Å²) < 4.78 is 5.08. The quantitative estimate of drug-likeness (QED) is 0.306. The number of anilines is 2. The molecule has 1 heterocycles. The molecule has 36 heavy (non-hydrogen) atoms. The number of aliphatic carboxylic acids is 1. The van der Waals surface area contributed by atoms with Gasteiger partial charge < -0.3 is 20.5 Å². The fraction of sp³-hybridized carbons (Fsp3) is 0.179. The number of nitrogens with one attached hydrogen (secondary N) is 2. The number of ether oxygens (including phenoxy) is 1. The van der Waals surface area contributed by atoms with Crippen LogP contribution in [0.4, 0.5) is 11.4 Å². The summed E-state index contributed by atoms with van der Waals surface area (Å²) >= 11 is 0. The molecule has 3 aromatic rings. The van der Waals surface area contributed by atoms with E-state index in [0.29, 0.717) is 34.6 Å². The predicted molar refractivity (Wildman–Crippen MR) is 138 cm³/mol. The van der Waals surface area contributed by atoms with Crippen LogP contribution in [0, 0.1) is 0 Å². The van der Waals surface area contributed by atoms with Crippen molar-refractivity contribution in [2.24, 2.45) is 0 Å². The number of likely N-dealkylation sites (N-methyl/N-ethyl adjacent to an activating group) is 1. The first-order valence-electron chi connectivity index (χ1n) is 11.5. The van der Waals surface area contributed by atoms with Gasteiger partial charge in [0.1, 0.15) is 0 Å². The first-order valence-corrected chi connectivity index (χ1v) is 11.5. The van der Waals surface area contributed by atoms with Crippen LogP contribution in [0.25, 0.3) is 11.3 Å². The van der Waals surface area contributed by atoms with Crippen molar-refractivity contribution in [3.05, 3.63) is 95.1 Å². The normalized spacial score (nSPS) is 13.7. The van der Waals surface area contributed by atoms with E-state index >= 15 is 0 Å². The highest BCUT2D eigenvalue weighted by Gasteiger charge is 2.29. The number of benzene rings is 3. The number of rotatable bonds is 9. The molecule has 8 nitrogen and oxygen atoms in total. The van der Waals surface area contributed by atoms with Gasteiger partial charge in [0.2, 0.25) is 0 Å². The fourth-order valence-corrected chi connectivity index (χ4v) is 4.08. The Bertz CT molecular complexity index is 1320. The van der Waals surface area contributed by atoms with Crippen molar-refractivity contribution in [3.8, 4) is 0 Å². The molecule has 0 unspecified atom stereocenters. The van der Waals surface area contributed by atoms with E-state index in [1.54, 1.807) is 37.1 Å². The van der Waals surface area contributed by atoms with Crippen LogP contribution in [0.15, 0.2) is 72.8 Å². The van der Waals surface area contributed by atoms with Gasteiger partial charge in [0.25, 0.3) is 5.91 Å². The smallest absolute Gasteiger partial charge is 0.338 e. The summed E-state index contributed by atoms with van der Waals surface area (Å²) in [6.45, 7) is 2.46. The summed E-state index contributed by atoms with van der Waals surface area (Å²) in [6.07, 6.45) is 0. The lowest BCUT2D eigenvalue weighted by Crippen LogP contribution is -2.25. The number of hydrogen-bond donors (Lipinski definition) is 3. The molecular formula is C28H27N3O5. The molecule has 0 aromatic heterocycles. The summed E-state index contributed by atoms with van der Waals surface area (Å²) in [5.41, 5.74) is 5.27. The molecule has 0 bridgehead atoms. The molecule has 3 N–H and O–H groups in total. The number of carbonyl (C=O) groups excluding carboxylic acids is 2. The maximum absolute atomic E-state index is 13.1. The lowest BCUT2D eigenvalue weighted by atomic mass is 9.99. The van der Waals surface area contributed by atoms with Gasteiger partial charge >= 0.3 is 11.9 Å². The zero-order chi connectivity index (χ0) is 25.7. The van der Waals surface area contributed by atoms with Crippen molar-refractivity contribution in [3.63, 3.8) is 0 Å². The van der Waals surface area contributed by atoms with Gasteiger partial charge in [0.15, 0.2) is 0 Å². The number of hydrogen-bond acceptors (Lipinski definition) is 6. The first-order chi connectivity index (χ1) is 17.4. The molecule has 0 radical (unpaired) electrons. The van der Waals surface area contributed by atoms with Crippen molar-refractivity contribution >= 4 is 40.5 Å². The molecule has 0 saturated heterocycles. The van der Waals surface area contributed by atoms with Crippen molar-refractivity contribution in [2.45, 2.75) is 13.5 Å². The largest absolute Gasteiger partial charge is 0.480 e. The summed E-state index contributed by atoms with van der Waals surface area (Å²) in [6, 6.07) is 22.2. The topological polar surface area (TPSA) is 108 Å². The molecule has 0 spiro atoms. The third-order valence-corrected chi connectivity index (χ3v) is 5.67. The van der Waals surface area contributed by atoms with Crippen molar-refractivity contribution in [1.29, 1.82) is 0 Å². The van der Waals surface area contributed by atoms with Crippen molar-refractivity contribution in [2.75, 3.05) is 30.8 Å². The summed E-state index contributed by atoms with van der Waals surface area (Å²) in [7, 11) is 1.75. The minimum atomic E-state index is -0.876. The number of fused-ring (bicyclic) bond motifs is 1. The maximum Gasteiger partial charge on any atom is 0.338 e. The number of amides is 1. The average molecular weight is 486 g/mol. The van der Waals surface area contributed by atoms with Crippen molar-refractivity contribution < 1.29 is 24.2 Å². The monoisotopic (exact) mass is 485 g/mol. The van der Waals surface area contributed by atoms with Crippen molar-refractivity contribution in [1.82, 2.24) is 4.90 Å². The Balaban J connectivity index is 1.68. The zero-order valence-corrected chi connectivity index (χ0v) is 20.1.